The van der Waals surface area contributed by atoms with Gasteiger partial charge in [0.15, 0.2) is 12.1 Å². The molecule has 6 nitrogen and oxygen atoms in total. The van der Waals surface area contributed by atoms with Crippen molar-refractivity contribution in [1.29, 1.82) is 0 Å². The number of rotatable bonds is 2. The summed E-state index contributed by atoms with van der Waals surface area (Å²) in [4.78, 5) is 11.0. The molecule has 0 radical (unpaired) electrons. The van der Waals surface area contributed by atoms with Crippen molar-refractivity contribution in [3.63, 3.8) is 0 Å². The number of likely N-dealkylation sites (N-methyl/N-ethyl adjacent to an activating group) is 1. The van der Waals surface area contributed by atoms with Crippen LogP contribution in [0, 0.1) is 0 Å². The monoisotopic (exact) mass is 205 g/mol. The number of aliphatic hydroxyl groups excluding tert-OH is 3. The molecule has 6 heteroatoms. The summed E-state index contributed by atoms with van der Waals surface area (Å²) >= 11 is 0. The average Bonchev–Trinajstić information content (AvgIpc) is 2.12. The van der Waals surface area contributed by atoms with Gasteiger partial charge in [-0.3, -0.25) is 4.79 Å². The predicted octanol–water partition coefficient (Wildman–Crippen LogP) is -2.40. The minimum absolute atomic E-state index is 0.385. The van der Waals surface area contributed by atoms with E-state index in [-0.39, 0.29) is 5.78 Å². The molecule has 0 aromatic heterocycles. The van der Waals surface area contributed by atoms with Crippen LogP contribution in [0.15, 0.2) is 0 Å². The maximum atomic E-state index is 11.0. The lowest BCUT2D eigenvalue weighted by molar-refractivity contribution is -0.249. The molecule has 5 atom stereocenters. The number of nitrogens with one attached hydrogen (secondary N) is 1. The molecule has 1 heterocycles. The van der Waals surface area contributed by atoms with Gasteiger partial charge in [-0.05, 0) is 14.0 Å². The molecule has 82 valence electrons. The molecule has 0 aromatic rings. The second-order valence-corrected chi connectivity index (χ2v) is 3.35. The van der Waals surface area contributed by atoms with Crippen LogP contribution >= 0.6 is 0 Å². The van der Waals surface area contributed by atoms with Crippen LogP contribution in [0.5, 0.6) is 0 Å². The molecule has 0 bridgehead atoms. The van der Waals surface area contributed by atoms with Crippen molar-refractivity contribution in [2.24, 2.45) is 0 Å². The van der Waals surface area contributed by atoms with E-state index in [9.17, 15) is 20.1 Å². The van der Waals surface area contributed by atoms with Gasteiger partial charge in [0.2, 0.25) is 0 Å². The van der Waals surface area contributed by atoms with Gasteiger partial charge in [-0.15, -0.1) is 0 Å². The van der Waals surface area contributed by atoms with Crippen molar-refractivity contribution in [3.05, 3.63) is 0 Å². The number of aliphatic hydroxyl groups is 3. The van der Waals surface area contributed by atoms with Crippen LogP contribution in [0.4, 0.5) is 0 Å². The van der Waals surface area contributed by atoms with Crippen LogP contribution in [0.25, 0.3) is 0 Å². The fourth-order valence-corrected chi connectivity index (χ4v) is 1.56. The molecule has 1 fully saturated rings. The quantitative estimate of drug-likeness (QED) is 0.401. The van der Waals surface area contributed by atoms with Gasteiger partial charge in [0.05, 0.1) is 6.04 Å². The highest BCUT2D eigenvalue weighted by molar-refractivity contribution is 5.81. The van der Waals surface area contributed by atoms with Crippen LogP contribution in [0.2, 0.25) is 0 Å². The maximum Gasteiger partial charge on any atom is 0.183 e. The Bertz CT molecular complexity index is 222. The van der Waals surface area contributed by atoms with Crippen molar-refractivity contribution in [2.75, 3.05) is 7.05 Å². The maximum absolute atomic E-state index is 11.0. The average molecular weight is 205 g/mol. The van der Waals surface area contributed by atoms with Crippen LogP contribution in [-0.2, 0) is 9.53 Å². The van der Waals surface area contributed by atoms with E-state index in [1.54, 1.807) is 0 Å². The summed E-state index contributed by atoms with van der Waals surface area (Å²) in [5.41, 5.74) is 0. The van der Waals surface area contributed by atoms with E-state index in [0.717, 1.165) is 0 Å². The van der Waals surface area contributed by atoms with Crippen LogP contribution in [-0.4, -0.2) is 58.8 Å². The molecule has 0 spiro atoms. The number of ketones is 1. The van der Waals surface area contributed by atoms with Crippen LogP contribution in [0.3, 0.4) is 0 Å². The summed E-state index contributed by atoms with van der Waals surface area (Å²) in [6, 6.07) is -0.771. The van der Waals surface area contributed by atoms with E-state index < -0.39 is 30.6 Å². The Labute approximate surface area is 81.5 Å². The van der Waals surface area contributed by atoms with Crippen LogP contribution in [0.1, 0.15) is 6.92 Å². The Hall–Kier alpha value is -0.530. The van der Waals surface area contributed by atoms with Crippen molar-refractivity contribution >= 4 is 5.78 Å². The number of Topliss-reactive ketones (excluding diaryl/α,β-unsaturated/α-hetero) is 1. The van der Waals surface area contributed by atoms with Gasteiger partial charge in [-0.2, -0.15) is 0 Å². The SMILES string of the molecule is CN[C@@H]1C(O)C(O)OC(C(C)=O)[C@@H]1O. The molecule has 1 saturated heterocycles. The Morgan fingerprint density at radius 1 is 1.29 bits per heavy atom. The highest BCUT2D eigenvalue weighted by atomic mass is 16.6. The van der Waals surface area contributed by atoms with Crippen LogP contribution < -0.4 is 5.32 Å². The predicted molar refractivity (Wildman–Crippen MR) is 46.4 cm³/mol. The van der Waals surface area contributed by atoms with Gasteiger partial charge in [0, 0.05) is 0 Å². The Morgan fingerprint density at radius 3 is 2.29 bits per heavy atom. The fraction of sp³-hybridized carbons (Fsp3) is 0.875. The van der Waals surface area contributed by atoms with E-state index in [2.05, 4.69) is 5.32 Å². The standard InChI is InChI=1S/C8H15NO5/c1-3(10)7-5(11)4(9-2)6(12)8(13)14-7/h4-9,11-13H,1-2H3/t4-,5+,6?,7?,8?/m0/s1. The lowest BCUT2D eigenvalue weighted by Gasteiger charge is -2.39. The fourth-order valence-electron chi connectivity index (χ4n) is 1.56. The van der Waals surface area contributed by atoms with Gasteiger partial charge in [-0.1, -0.05) is 0 Å². The largest absolute Gasteiger partial charge is 0.388 e. The molecule has 1 aliphatic rings. The normalized spacial score (nSPS) is 43.6. The van der Waals surface area contributed by atoms with E-state index in [1.807, 2.05) is 0 Å². The number of ether oxygens (including phenoxy) is 1. The topological polar surface area (TPSA) is 99.0 Å². The third kappa shape index (κ3) is 1.94. The number of carbonyl (C=O) groups excluding carboxylic acids is 1. The molecule has 0 amide bonds. The smallest absolute Gasteiger partial charge is 0.183 e. The minimum atomic E-state index is -1.45. The summed E-state index contributed by atoms with van der Waals surface area (Å²) < 4.78 is 4.77. The third-order valence-electron chi connectivity index (χ3n) is 2.36. The highest BCUT2D eigenvalue weighted by Gasteiger charge is 2.44. The van der Waals surface area contributed by atoms with E-state index in [0.29, 0.717) is 0 Å². The zero-order chi connectivity index (χ0) is 10.9. The lowest BCUT2D eigenvalue weighted by atomic mass is 9.94. The molecule has 14 heavy (non-hydrogen) atoms. The summed E-state index contributed by atoms with van der Waals surface area (Å²) in [5, 5.41) is 30.9. The lowest BCUT2D eigenvalue weighted by Crippen LogP contribution is -2.63. The molecule has 1 rings (SSSR count). The van der Waals surface area contributed by atoms with Gasteiger partial charge in [0.25, 0.3) is 0 Å². The molecular formula is C8H15NO5. The van der Waals surface area contributed by atoms with Gasteiger partial charge >= 0.3 is 0 Å². The van der Waals surface area contributed by atoms with Gasteiger partial charge in [-0.25, -0.2) is 0 Å². The van der Waals surface area contributed by atoms with E-state index >= 15 is 0 Å². The first kappa shape index (κ1) is 11.5. The molecule has 4 N–H and O–H groups in total. The third-order valence-corrected chi connectivity index (χ3v) is 2.36. The zero-order valence-corrected chi connectivity index (χ0v) is 8.04. The molecule has 1 aliphatic heterocycles. The Morgan fingerprint density at radius 2 is 1.86 bits per heavy atom. The molecule has 0 aromatic carbocycles. The molecule has 3 unspecified atom stereocenters. The van der Waals surface area contributed by atoms with Gasteiger partial charge < -0.3 is 25.4 Å². The Kier molecular flexibility index (Phi) is 3.57. The van der Waals surface area contributed by atoms with Crippen molar-refractivity contribution in [3.8, 4) is 0 Å². The number of hydrogen-bond donors (Lipinski definition) is 4. The van der Waals surface area contributed by atoms with Gasteiger partial charge in [0.1, 0.15) is 18.3 Å². The summed E-state index contributed by atoms with van der Waals surface area (Å²) in [6.07, 6.45) is -4.95. The first-order valence-electron chi connectivity index (χ1n) is 4.36. The number of hydrogen-bond acceptors (Lipinski definition) is 6. The first-order valence-corrected chi connectivity index (χ1v) is 4.36. The number of carbonyl (C=O) groups is 1. The summed E-state index contributed by atoms with van der Waals surface area (Å²) in [6.45, 7) is 1.25. The van der Waals surface area contributed by atoms with Crippen molar-refractivity contribution in [1.82, 2.24) is 5.32 Å². The summed E-state index contributed by atoms with van der Waals surface area (Å²) in [5.74, 6) is -0.385. The molecule has 0 saturated carbocycles. The van der Waals surface area contributed by atoms with E-state index in [4.69, 9.17) is 4.74 Å². The van der Waals surface area contributed by atoms with Crippen molar-refractivity contribution in [2.45, 2.75) is 37.6 Å². The summed E-state index contributed by atoms with van der Waals surface area (Å²) in [7, 11) is 1.52. The molecular weight excluding hydrogens is 190 g/mol. The first-order chi connectivity index (χ1) is 6.49. The second-order valence-electron chi connectivity index (χ2n) is 3.35. The second kappa shape index (κ2) is 4.33. The minimum Gasteiger partial charge on any atom is -0.388 e. The Balaban J connectivity index is 2.80. The molecule has 0 aliphatic carbocycles. The van der Waals surface area contributed by atoms with Crippen molar-refractivity contribution < 1.29 is 24.9 Å². The highest BCUT2D eigenvalue weighted by Crippen LogP contribution is 2.20. The van der Waals surface area contributed by atoms with E-state index in [1.165, 1.54) is 14.0 Å². The zero-order valence-electron chi connectivity index (χ0n) is 8.04.